The lowest BCUT2D eigenvalue weighted by Crippen LogP contribution is -1.68. The standard InChI is InChI=1S/C8H6ClNS/c1-5-7-3-2-6(9)4-8(7)11-10-5/h2-4H,1H3. The molecule has 0 spiro atoms. The van der Waals surface area contributed by atoms with Crippen molar-refractivity contribution in [3.8, 4) is 0 Å². The van der Waals surface area contributed by atoms with Crippen molar-refractivity contribution in [2.45, 2.75) is 6.92 Å². The molecule has 1 aromatic heterocycles. The van der Waals surface area contributed by atoms with Crippen LogP contribution in [0, 0.1) is 6.92 Å². The smallest absolute Gasteiger partial charge is 0.0589 e. The summed E-state index contributed by atoms with van der Waals surface area (Å²) in [6.45, 7) is 2.01. The van der Waals surface area contributed by atoms with Gasteiger partial charge in [-0.25, -0.2) is 0 Å². The first-order chi connectivity index (χ1) is 5.27. The highest BCUT2D eigenvalue weighted by molar-refractivity contribution is 7.13. The van der Waals surface area contributed by atoms with Crippen molar-refractivity contribution >= 4 is 33.2 Å². The molecule has 2 aromatic rings. The topological polar surface area (TPSA) is 12.9 Å². The summed E-state index contributed by atoms with van der Waals surface area (Å²) in [7, 11) is 0. The fourth-order valence-corrected chi connectivity index (χ4v) is 2.10. The molecule has 3 heteroatoms. The van der Waals surface area contributed by atoms with Crippen molar-refractivity contribution in [3.63, 3.8) is 0 Å². The van der Waals surface area contributed by atoms with Crippen molar-refractivity contribution in [1.82, 2.24) is 4.37 Å². The normalized spacial score (nSPS) is 10.7. The summed E-state index contributed by atoms with van der Waals surface area (Å²) in [5, 5.41) is 1.99. The van der Waals surface area contributed by atoms with Crippen molar-refractivity contribution in [1.29, 1.82) is 0 Å². The van der Waals surface area contributed by atoms with Crippen LogP contribution < -0.4 is 0 Å². The van der Waals surface area contributed by atoms with Crippen LogP contribution in [0.2, 0.25) is 5.02 Å². The van der Waals surface area contributed by atoms with E-state index in [0.717, 1.165) is 15.4 Å². The Morgan fingerprint density at radius 3 is 3.09 bits per heavy atom. The molecule has 0 aliphatic carbocycles. The van der Waals surface area contributed by atoms with E-state index in [1.54, 1.807) is 0 Å². The van der Waals surface area contributed by atoms with Crippen LogP contribution in [-0.2, 0) is 0 Å². The highest BCUT2D eigenvalue weighted by Crippen LogP contribution is 2.24. The first kappa shape index (κ1) is 7.07. The minimum absolute atomic E-state index is 0.779. The van der Waals surface area contributed by atoms with Gasteiger partial charge in [-0.05, 0) is 30.6 Å². The predicted octanol–water partition coefficient (Wildman–Crippen LogP) is 3.26. The maximum atomic E-state index is 5.81. The summed E-state index contributed by atoms with van der Waals surface area (Å²) in [6, 6.07) is 5.85. The van der Waals surface area contributed by atoms with E-state index in [1.807, 2.05) is 25.1 Å². The molecule has 0 N–H and O–H groups in total. The Morgan fingerprint density at radius 1 is 1.45 bits per heavy atom. The summed E-state index contributed by atoms with van der Waals surface area (Å²) in [6.07, 6.45) is 0. The Balaban J connectivity index is 2.86. The second-order valence-corrected chi connectivity index (χ2v) is 3.65. The van der Waals surface area contributed by atoms with E-state index in [1.165, 1.54) is 16.9 Å². The van der Waals surface area contributed by atoms with Crippen LogP contribution in [0.4, 0.5) is 0 Å². The molecule has 0 bridgehead atoms. The van der Waals surface area contributed by atoms with Crippen molar-refractivity contribution in [3.05, 3.63) is 28.9 Å². The van der Waals surface area contributed by atoms with Gasteiger partial charge in [0.1, 0.15) is 0 Å². The molecule has 0 saturated carbocycles. The minimum Gasteiger partial charge on any atom is -0.197 e. The molecule has 0 unspecified atom stereocenters. The third-order valence-corrected chi connectivity index (χ3v) is 2.75. The fourth-order valence-electron chi connectivity index (χ4n) is 1.04. The monoisotopic (exact) mass is 183 g/mol. The van der Waals surface area contributed by atoms with Crippen molar-refractivity contribution in [2.75, 3.05) is 0 Å². The van der Waals surface area contributed by atoms with Crippen molar-refractivity contribution < 1.29 is 0 Å². The van der Waals surface area contributed by atoms with Crippen LogP contribution in [0.1, 0.15) is 5.69 Å². The van der Waals surface area contributed by atoms with Gasteiger partial charge in [0.05, 0.1) is 10.4 Å². The summed E-state index contributed by atoms with van der Waals surface area (Å²) >= 11 is 7.30. The van der Waals surface area contributed by atoms with Crippen LogP contribution >= 0.6 is 23.1 Å². The zero-order valence-electron chi connectivity index (χ0n) is 5.97. The second-order valence-electron chi connectivity index (χ2n) is 2.41. The van der Waals surface area contributed by atoms with Crippen molar-refractivity contribution in [2.24, 2.45) is 0 Å². The quantitative estimate of drug-likeness (QED) is 0.611. The van der Waals surface area contributed by atoms with E-state index in [4.69, 9.17) is 11.6 Å². The predicted molar refractivity (Wildman–Crippen MR) is 49.4 cm³/mol. The zero-order valence-corrected chi connectivity index (χ0v) is 7.54. The van der Waals surface area contributed by atoms with E-state index in [-0.39, 0.29) is 0 Å². The Labute approximate surface area is 73.8 Å². The third kappa shape index (κ3) is 1.12. The molecule has 0 radical (unpaired) electrons. The molecule has 11 heavy (non-hydrogen) atoms. The average molecular weight is 184 g/mol. The molecule has 1 heterocycles. The van der Waals surface area contributed by atoms with Gasteiger partial charge in [-0.3, -0.25) is 0 Å². The Hall–Kier alpha value is -0.600. The van der Waals surface area contributed by atoms with Gasteiger partial charge in [-0.15, -0.1) is 0 Å². The summed E-state index contributed by atoms with van der Waals surface area (Å²) in [5.74, 6) is 0. The van der Waals surface area contributed by atoms with Gasteiger partial charge in [0.15, 0.2) is 0 Å². The van der Waals surface area contributed by atoms with Gasteiger partial charge < -0.3 is 0 Å². The Morgan fingerprint density at radius 2 is 2.27 bits per heavy atom. The van der Waals surface area contributed by atoms with E-state index < -0.39 is 0 Å². The molecule has 0 amide bonds. The summed E-state index contributed by atoms with van der Waals surface area (Å²) in [4.78, 5) is 0. The molecule has 0 atom stereocenters. The van der Waals surface area contributed by atoms with E-state index in [0.29, 0.717) is 0 Å². The SMILES string of the molecule is Cc1nsc2cc(Cl)ccc12. The molecule has 2 rings (SSSR count). The van der Waals surface area contributed by atoms with E-state index in [2.05, 4.69) is 4.37 Å². The van der Waals surface area contributed by atoms with Gasteiger partial charge in [0.25, 0.3) is 0 Å². The molecule has 0 saturated heterocycles. The summed E-state index contributed by atoms with van der Waals surface area (Å²) in [5.41, 5.74) is 1.08. The lowest BCUT2D eigenvalue weighted by molar-refractivity contribution is 1.37. The highest BCUT2D eigenvalue weighted by Gasteiger charge is 2.00. The Kier molecular flexibility index (Phi) is 1.59. The largest absolute Gasteiger partial charge is 0.197 e. The fraction of sp³-hybridized carbons (Fsp3) is 0.125. The minimum atomic E-state index is 0.779. The van der Waals surface area contributed by atoms with E-state index in [9.17, 15) is 0 Å². The molecule has 0 fully saturated rings. The maximum Gasteiger partial charge on any atom is 0.0589 e. The number of aryl methyl sites for hydroxylation is 1. The van der Waals surface area contributed by atoms with E-state index >= 15 is 0 Å². The molecule has 0 aliphatic heterocycles. The Bertz CT molecular complexity index is 394. The number of hydrogen-bond donors (Lipinski definition) is 0. The molecular weight excluding hydrogens is 178 g/mol. The van der Waals surface area contributed by atoms with Gasteiger partial charge in [0.2, 0.25) is 0 Å². The van der Waals surface area contributed by atoms with Crippen LogP contribution in [0.25, 0.3) is 10.1 Å². The number of fused-ring (bicyclic) bond motifs is 1. The molecule has 1 nitrogen and oxygen atoms in total. The number of hydrogen-bond acceptors (Lipinski definition) is 2. The highest BCUT2D eigenvalue weighted by atomic mass is 35.5. The zero-order chi connectivity index (χ0) is 7.84. The average Bonchev–Trinajstić information content (AvgIpc) is 2.32. The number of halogens is 1. The number of aromatic nitrogens is 1. The lowest BCUT2D eigenvalue weighted by atomic mass is 10.2. The number of benzene rings is 1. The van der Waals surface area contributed by atoms with Gasteiger partial charge >= 0.3 is 0 Å². The maximum absolute atomic E-state index is 5.81. The number of rotatable bonds is 0. The molecular formula is C8H6ClNS. The van der Waals surface area contributed by atoms with Crippen LogP contribution in [0.3, 0.4) is 0 Å². The summed E-state index contributed by atoms with van der Waals surface area (Å²) < 4.78 is 5.38. The lowest BCUT2D eigenvalue weighted by Gasteiger charge is -1.89. The first-order valence-corrected chi connectivity index (χ1v) is 4.44. The van der Waals surface area contributed by atoms with Gasteiger partial charge in [-0.1, -0.05) is 17.7 Å². The van der Waals surface area contributed by atoms with Crippen LogP contribution in [0.5, 0.6) is 0 Å². The molecule has 56 valence electrons. The van der Waals surface area contributed by atoms with Crippen LogP contribution in [-0.4, -0.2) is 4.37 Å². The molecule has 0 aliphatic rings. The van der Waals surface area contributed by atoms with Crippen LogP contribution in [0.15, 0.2) is 18.2 Å². The first-order valence-electron chi connectivity index (χ1n) is 3.29. The van der Waals surface area contributed by atoms with Gasteiger partial charge in [0, 0.05) is 10.4 Å². The number of nitrogens with zero attached hydrogens (tertiary/aromatic N) is 1. The van der Waals surface area contributed by atoms with Gasteiger partial charge in [-0.2, -0.15) is 4.37 Å². The second kappa shape index (κ2) is 2.47. The third-order valence-electron chi connectivity index (χ3n) is 1.61. The molecule has 1 aromatic carbocycles.